The number of nitrogens with one attached hydrogen (secondary N) is 2. The van der Waals surface area contributed by atoms with Gasteiger partial charge in [-0.3, -0.25) is 20.4 Å². The van der Waals surface area contributed by atoms with E-state index < -0.39 is 17.6 Å². The fourth-order valence-corrected chi connectivity index (χ4v) is 2.53. The van der Waals surface area contributed by atoms with Crippen molar-refractivity contribution in [3.05, 3.63) is 58.9 Å². The summed E-state index contributed by atoms with van der Waals surface area (Å²) in [6, 6.07) is 10.8. The number of hydrogen-bond acceptors (Lipinski definition) is 4. The molecule has 0 saturated heterocycles. The molecule has 0 fully saturated rings. The van der Waals surface area contributed by atoms with E-state index in [-0.39, 0.29) is 17.4 Å². The first kappa shape index (κ1) is 20.5. The summed E-state index contributed by atoms with van der Waals surface area (Å²) in [5, 5.41) is -0.102. The zero-order valence-electron chi connectivity index (χ0n) is 15.1. The maximum absolute atomic E-state index is 13.1. The van der Waals surface area contributed by atoms with Crippen molar-refractivity contribution < 1.29 is 18.7 Å². The molecule has 0 aromatic heterocycles. The molecule has 6 nitrogen and oxygen atoms in total. The van der Waals surface area contributed by atoms with E-state index in [1.54, 1.807) is 12.1 Å². The van der Waals surface area contributed by atoms with Crippen molar-refractivity contribution in [2.24, 2.45) is 0 Å². The molecule has 0 bridgehead atoms. The van der Waals surface area contributed by atoms with Gasteiger partial charge in [-0.25, -0.2) is 4.39 Å². The average molecular weight is 394 g/mol. The molecule has 2 amide bonds. The van der Waals surface area contributed by atoms with Gasteiger partial charge in [0.25, 0.3) is 11.8 Å². The van der Waals surface area contributed by atoms with E-state index in [9.17, 15) is 14.0 Å². The third-order valence-corrected chi connectivity index (χ3v) is 4.12. The van der Waals surface area contributed by atoms with Gasteiger partial charge in [0.2, 0.25) is 0 Å². The molecule has 27 heavy (non-hydrogen) atoms. The smallest absolute Gasteiger partial charge is 0.276 e. The molecular weight excluding hydrogens is 373 g/mol. The number of nitrogens with zero attached hydrogens (tertiary/aromatic N) is 1. The lowest BCUT2D eigenvalue weighted by Crippen LogP contribution is -2.43. The van der Waals surface area contributed by atoms with Gasteiger partial charge in [-0.15, -0.1) is 0 Å². The highest BCUT2D eigenvalue weighted by atomic mass is 35.5. The maximum atomic E-state index is 13.1. The normalized spacial score (nSPS) is 10.2. The van der Waals surface area contributed by atoms with Gasteiger partial charge < -0.3 is 9.64 Å². The second-order valence-electron chi connectivity index (χ2n) is 5.59. The standard InChI is InChI=1S/C19H21ClFN3O3/c1-3-24(4-2)14-7-5-13(6-8-14)19(26)23-22-18(25)12-27-15-9-10-17(21)16(20)11-15/h5-11H,3-4,12H2,1-2H3,(H,22,25)(H,23,26). The molecule has 0 atom stereocenters. The number of amides is 2. The number of benzene rings is 2. The summed E-state index contributed by atoms with van der Waals surface area (Å²) in [6.45, 7) is 5.50. The predicted octanol–water partition coefficient (Wildman–Crippen LogP) is 3.17. The van der Waals surface area contributed by atoms with Gasteiger partial charge in [-0.1, -0.05) is 11.6 Å². The van der Waals surface area contributed by atoms with E-state index in [1.165, 1.54) is 12.1 Å². The summed E-state index contributed by atoms with van der Waals surface area (Å²) in [5.74, 6) is -1.34. The predicted molar refractivity (Wildman–Crippen MR) is 103 cm³/mol. The Kier molecular flexibility index (Phi) is 7.43. The van der Waals surface area contributed by atoms with Crippen molar-refractivity contribution in [2.45, 2.75) is 13.8 Å². The summed E-state index contributed by atoms with van der Waals surface area (Å²) in [4.78, 5) is 26.0. The third kappa shape index (κ3) is 5.86. The summed E-state index contributed by atoms with van der Waals surface area (Å²) >= 11 is 5.63. The van der Waals surface area contributed by atoms with Crippen LogP contribution in [0.5, 0.6) is 5.75 Å². The Hall–Kier alpha value is -2.80. The minimum absolute atomic E-state index is 0.102. The molecule has 2 N–H and O–H groups in total. The van der Waals surface area contributed by atoms with Crippen LogP contribution in [0.25, 0.3) is 0 Å². The number of rotatable bonds is 7. The van der Waals surface area contributed by atoms with Crippen LogP contribution in [0.3, 0.4) is 0 Å². The van der Waals surface area contributed by atoms with E-state index in [2.05, 4.69) is 29.6 Å². The average Bonchev–Trinajstić information content (AvgIpc) is 2.68. The Morgan fingerprint density at radius 3 is 2.33 bits per heavy atom. The van der Waals surface area contributed by atoms with E-state index in [0.29, 0.717) is 5.56 Å². The van der Waals surface area contributed by atoms with Crippen molar-refractivity contribution >= 4 is 29.1 Å². The molecule has 0 heterocycles. The molecule has 0 aliphatic carbocycles. The van der Waals surface area contributed by atoms with Gasteiger partial charge in [0.05, 0.1) is 5.02 Å². The number of carbonyl (C=O) groups excluding carboxylic acids is 2. The van der Waals surface area contributed by atoms with Crippen LogP contribution >= 0.6 is 11.6 Å². The van der Waals surface area contributed by atoms with E-state index >= 15 is 0 Å². The SMILES string of the molecule is CCN(CC)c1ccc(C(=O)NNC(=O)COc2ccc(F)c(Cl)c2)cc1. The summed E-state index contributed by atoms with van der Waals surface area (Å²) in [7, 11) is 0. The Balaban J connectivity index is 1.82. The van der Waals surface area contributed by atoms with Gasteiger partial charge in [-0.2, -0.15) is 0 Å². The number of anilines is 1. The van der Waals surface area contributed by atoms with Crippen LogP contribution < -0.4 is 20.5 Å². The van der Waals surface area contributed by atoms with Crippen molar-refractivity contribution in [1.82, 2.24) is 10.9 Å². The molecule has 2 rings (SSSR count). The minimum Gasteiger partial charge on any atom is -0.484 e. The van der Waals surface area contributed by atoms with Gasteiger partial charge in [0.15, 0.2) is 6.61 Å². The lowest BCUT2D eigenvalue weighted by Gasteiger charge is -2.21. The molecular formula is C19H21ClFN3O3. The van der Waals surface area contributed by atoms with Crippen molar-refractivity contribution in [1.29, 1.82) is 0 Å². The monoisotopic (exact) mass is 393 g/mol. The molecule has 2 aromatic carbocycles. The molecule has 0 spiro atoms. The van der Waals surface area contributed by atoms with Crippen LogP contribution in [0.15, 0.2) is 42.5 Å². The van der Waals surface area contributed by atoms with Gasteiger partial charge in [-0.05, 0) is 50.2 Å². The van der Waals surface area contributed by atoms with Gasteiger partial charge in [0.1, 0.15) is 11.6 Å². The molecule has 144 valence electrons. The van der Waals surface area contributed by atoms with E-state index in [4.69, 9.17) is 16.3 Å². The van der Waals surface area contributed by atoms with Crippen LogP contribution in [-0.4, -0.2) is 31.5 Å². The largest absolute Gasteiger partial charge is 0.484 e. The Labute approximate surface area is 162 Å². The van der Waals surface area contributed by atoms with Crippen molar-refractivity contribution in [2.75, 3.05) is 24.6 Å². The first-order valence-electron chi connectivity index (χ1n) is 8.46. The molecule has 8 heteroatoms. The molecule has 0 aliphatic rings. The first-order valence-corrected chi connectivity index (χ1v) is 8.84. The van der Waals surface area contributed by atoms with Crippen LogP contribution in [0, 0.1) is 5.82 Å². The highest BCUT2D eigenvalue weighted by Gasteiger charge is 2.10. The first-order chi connectivity index (χ1) is 12.9. The van der Waals surface area contributed by atoms with Crippen molar-refractivity contribution in [3.8, 4) is 5.75 Å². The second-order valence-corrected chi connectivity index (χ2v) is 5.99. The fourth-order valence-electron chi connectivity index (χ4n) is 2.36. The minimum atomic E-state index is -0.576. The highest BCUT2D eigenvalue weighted by molar-refractivity contribution is 6.30. The lowest BCUT2D eigenvalue weighted by molar-refractivity contribution is -0.123. The number of hydrogen-bond donors (Lipinski definition) is 2. The van der Waals surface area contributed by atoms with Crippen LogP contribution in [0.1, 0.15) is 24.2 Å². The maximum Gasteiger partial charge on any atom is 0.276 e. The highest BCUT2D eigenvalue weighted by Crippen LogP contribution is 2.20. The second kappa shape index (κ2) is 9.78. The van der Waals surface area contributed by atoms with E-state index in [1.807, 2.05) is 12.1 Å². The van der Waals surface area contributed by atoms with E-state index in [0.717, 1.165) is 24.8 Å². The Bertz CT molecular complexity index is 795. The van der Waals surface area contributed by atoms with Crippen LogP contribution in [0.4, 0.5) is 10.1 Å². The molecule has 0 saturated carbocycles. The number of hydrazine groups is 1. The molecule has 0 aliphatic heterocycles. The van der Waals surface area contributed by atoms with Gasteiger partial charge in [0, 0.05) is 30.4 Å². The lowest BCUT2D eigenvalue weighted by atomic mass is 10.2. The number of halogens is 2. The zero-order valence-corrected chi connectivity index (χ0v) is 15.8. The molecule has 2 aromatic rings. The molecule has 0 unspecified atom stereocenters. The summed E-state index contributed by atoms with van der Waals surface area (Å²) in [6.07, 6.45) is 0. The Morgan fingerprint density at radius 1 is 1.07 bits per heavy atom. The zero-order chi connectivity index (χ0) is 19.8. The topological polar surface area (TPSA) is 70.7 Å². The van der Waals surface area contributed by atoms with Crippen LogP contribution in [0.2, 0.25) is 5.02 Å². The quantitative estimate of drug-likeness (QED) is 0.709. The van der Waals surface area contributed by atoms with Crippen molar-refractivity contribution in [3.63, 3.8) is 0 Å². The van der Waals surface area contributed by atoms with Crippen LogP contribution in [-0.2, 0) is 4.79 Å². The van der Waals surface area contributed by atoms with Gasteiger partial charge >= 0.3 is 0 Å². The third-order valence-electron chi connectivity index (χ3n) is 3.83. The molecule has 0 radical (unpaired) electrons. The Morgan fingerprint density at radius 2 is 1.74 bits per heavy atom. The fraction of sp³-hybridized carbons (Fsp3) is 0.263. The summed E-state index contributed by atoms with van der Waals surface area (Å²) < 4.78 is 18.2. The summed E-state index contributed by atoms with van der Waals surface area (Å²) in [5.41, 5.74) is 6.00. The number of ether oxygens (including phenoxy) is 1. The number of carbonyl (C=O) groups is 2.